The number of hydrogen-bond acceptors (Lipinski definition) is 4. The van der Waals surface area contributed by atoms with Crippen LogP contribution in [0, 0.1) is 11.8 Å². The van der Waals surface area contributed by atoms with Crippen LogP contribution in [0.2, 0.25) is 0 Å². The Kier molecular flexibility index (Phi) is 5.76. The van der Waals surface area contributed by atoms with E-state index in [1.807, 2.05) is 30.3 Å². The molecule has 0 saturated carbocycles. The van der Waals surface area contributed by atoms with Crippen LogP contribution in [0.25, 0.3) is 0 Å². The number of amides is 1. The molecule has 0 aliphatic carbocycles. The number of hydrogen-bond donors (Lipinski definition) is 2. The Hall–Kier alpha value is -1.89. The van der Waals surface area contributed by atoms with E-state index in [2.05, 4.69) is 5.32 Å². The van der Waals surface area contributed by atoms with Gasteiger partial charge in [-0.2, -0.15) is 0 Å². The second kappa shape index (κ2) is 7.59. The zero-order valence-corrected chi connectivity index (χ0v) is 13.6. The average molecular weight is 339 g/mol. The van der Waals surface area contributed by atoms with Crippen molar-refractivity contribution in [2.45, 2.75) is 19.3 Å². The minimum Gasteiger partial charge on any atom is -0.481 e. The predicted octanol–water partition coefficient (Wildman–Crippen LogP) is 0.871. The Bertz CT molecular complexity index is 642. The SMILES string of the molecule is O=C(O)C(CNC(=O)C1CCS(=O)(=O)CC1)Cc1ccccc1. The minimum atomic E-state index is -3.01. The number of aliphatic carboxylic acids is 1. The van der Waals surface area contributed by atoms with E-state index in [9.17, 15) is 23.1 Å². The number of carboxylic acids is 1. The lowest BCUT2D eigenvalue weighted by Gasteiger charge is -2.22. The van der Waals surface area contributed by atoms with Gasteiger partial charge in [-0.15, -0.1) is 0 Å². The number of nitrogens with one attached hydrogen (secondary N) is 1. The van der Waals surface area contributed by atoms with Crippen LogP contribution in [0.5, 0.6) is 0 Å². The van der Waals surface area contributed by atoms with Gasteiger partial charge in [-0.3, -0.25) is 9.59 Å². The van der Waals surface area contributed by atoms with Gasteiger partial charge in [-0.25, -0.2) is 8.42 Å². The first-order valence-electron chi connectivity index (χ1n) is 7.62. The highest BCUT2D eigenvalue weighted by Gasteiger charge is 2.29. The van der Waals surface area contributed by atoms with Crippen LogP contribution in [-0.2, 0) is 25.8 Å². The molecule has 0 aromatic heterocycles. The highest BCUT2D eigenvalue weighted by atomic mass is 32.2. The summed E-state index contributed by atoms with van der Waals surface area (Å²) in [5, 5.41) is 12.0. The molecule has 6 nitrogen and oxygen atoms in total. The van der Waals surface area contributed by atoms with Crippen LogP contribution in [0.1, 0.15) is 18.4 Å². The molecule has 1 amide bonds. The monoisotopic (exact) mass is 339 g/mol. The van der Waals surface area contributed by atoms with Gasteiger partial charge in [-0.1, -0.05) is 30.3 Å². The van der Waals surface area contributed by atoms with E-state index in [1.54, 1.807) is 0 Å². The molecular formula is C16H21NO5S. The quantitative estimate of drug-likeness (QED) is 0.801. The van der Waals surface area contributed by atoms with Crippen molar-refractivity contribution in [2.24, 2.45) is 11.8 Å². The number of sulfone groups is 1. The molecule has 1 unspecified atom stereocenters. The molecule has 0 bridgehead atoms. The molecule has 2 rings (SSSR count). The summed E-state index contributed by atoms with van der Waals surface area (Å²) in [6.45, 7) is 0.0479. The fourth-order valence-corrected chi connectivity index (χ4v) is 4.16. The number of carbonyl (C=O) groups excluding carboxylic acids is 1. The van der Waals surface area contributed by atoms with E-state index >= 15 is 0 Å². The van der Waals surface area contributed by atoms with E-state index in [-0.39, 0.29) is 29.9 Å². The summed E-state index contributed by atoms with van der Waals surface area (Å²) in [5.74, 6) is -2.20. The van der Waals surface area contributed by atoms with E-state index in [4.69, 9.17) is 0 Å². The summed E-state index contributed by atoms with van der Waals surface area (Å²) in [6.07, 6.45) is 0.963. The van der Waals surface area contributed by atoms with Crippen molar-refractivity contribution in [3.63, 3.8) is 0 Å². The molecule has 1 atom stereocenters. The first-order chi connectivity index (χ1) is 10.9. The maximum Gasteiger partial charge on any atom is 0.308 e. The van der Waals surface area contributed by atoms with Gasteiger partial charge in [0.15, 0.2) is 0 Å². The summed E-state index contributed by atoms with van der Waals surface area (Å²) < 4.78 is 22.7. The topological polar surface area (TPSA) is 101 Å². The third kappa shape index (κ3) is 5.35. The van der Waals surface area contributed by atoms with Gasteiger partial charge in [-0.05, 0) is 24.8 Å². The van der Waals surface area contributed by atoms with E-state index in [0.29, 0.717) is 19.3 Å². The summed E-state index contributed by atoms with van der Waals surface area (Å²) in [4.78, 5) is 23.4. The number of carboxylic acid groups (broad SMARTS) is 1. The molecule has 1 aliphatic rings. The first-order valence-corrected chi connectivity index (χ1v) is 9.44. The van der Waals surface area contributed by atoms with Crippen LogP contribution in [0.4, 0.5) is 0 Å². The second-order valence-electron chi connectivity index (χ2n) is 5.90. The molecule has 7 heteroatoms. The largest absolute Gasteiger partial charge is 0.481 e. The Morgan fingerprint density at radius 3 is 2.35 bits per heavy atom. The molecule has 1 saturated heterocycles. The van der Waals surface area contributed by atoms with E-state index < -0.39 is 21.7 Å². The molecule has 1 aliphatic heterocycles. The van der Waals surface area contributed by atoms with Crippen LogP contribution in [-0.4, -0.2) is 43.5 Å². The van der Waals surface area contributed by atoms with E-state index in [0.717, 1.165) is 5.56 Å². The number of rotatable bonds is 6. The van der Waals surface area contributed by atoms with Crippen LogP contribution >= 0.6 is 0 Å². The summed E-state index contributed by atoms with van der Waals surface area (Å²) in [5.41, 5.74) is 0.901. The molecular weight excluding hydrogens is 318 g/mol. The van der Waals surface area contributed by atoms with Gasteiger partial charge >= 0.3 is 5.97 Å². The normalized spacial score (nSPS) is 19.0. The second-order valence-corrected chi connectivity index (χ2v) is 8.20. The van der Waals surface area contributed by atoms with Crippen molar-refractivity contribution < 1.29 is 23.1 Å². The zero-order chi connectivity index (χ0) is 16.9. The predicted molar refractivity (Wildman–Crippen MR) is 85.7 cm³/mol. The van der Waals surface area contributed by atoms with Gasteiger partial charge < -0.3 is 10.4 Å². The molecule has 0 radical (unpaired) electrons. The van der Waals surface area contributed by atoms with Crippen molar-refractivity contribution in [3.8, 4) is 0 Å². The lowest BCUT2D eigenvalue weighted by atomic mass is 9.98. The smallest absolute Gasteiger partial charge is 0.308 e. The van der Waals surface area contributed by atoms with E-state index in [1.165, 1.54) is 0 Å². The maximum absolute atomic E-state index is 12.1. The zero-order valence-electron chi connectivity index (χ0n) is 12.8. The van der Waals surface area contributed by atoms with Crippen LogP contribution in [0.15, 0.2) is 30.3 Å². The van der Waals surface area contributed by atoms with Gasteiger partial charge in [0.25, 0.3) is 0 Å². The Morgan fingerprint density at radius 2 is 1.78 bits per heavy atom. The van der Waals surface area contributed by atoms with Crippen molar-refractivity contribution in [2.75, 3.05) is 18.1 Å². The molecule has 126 valence electrons. The van der Waals surface area contributed by atoms with Gasteiger partial charge in [0.05, 0.1) is 17.4 Å². The van der Waals surface area contributed by atoms with Crippen molar-refractivity contribution in [1.82, 2.24) is 5.32 Å². The molecule has 0 spiro atoms. The lowest BCUT2D eigenvalue weighted by molar-refractivity contribution is -0.141. The molecule has 23 heavy (non-hydrogen) atoms. The molecule has 2 N–H and O–H groups in total. The van der Waals surface area contributed by atoms with Gasteiger partial charge in [0.2, 0.25) is 5.91 Å². The molecule has 1 heterocycles. The fraction of sp³-hybridized carbons (Fsp3) is 0.500. The summed E-state index contributed by atoms with van der Waals surface area (Å²) in [6, 6.07) is 9.25. The molecule has 1 fully saturated rings. The Labute approximate surface area is 135 Å². The van der Waals surface area contributed by atoms with Crippen LogP contribution < -0.4 is 5.32 Å². The number of carbonyl (C=O) groups is 2. The highest BCUT2D eigenvalue weighted by molar-refractivity contribution is 7.91. The fourth-order valence-electron chi connectivity index (χ4n) is 2.67. The first kappa shape index (κ1) is 17.5. The molecule has 1 aromatic carbocycles. The lowest BCUT2D eigenvalue weighted by Crippen LogP contribution is -2.40. The summed E-state index contributed by atoms with van der Waals surface area (Å²) >= 11 is 0. The van der Waals surface area contributed by atoms with Crippen molar-refractivity contribution in [3.05, 3.63) is 35.9 Å². The average Bonchev–Trinajstić information content (AvgIpc) is 2.51. The maximum atomic E-state index is 12.1. The third-order valence-electron chi connectivity index (χ3n) is 4.12. The van der Waals surface area contributed by atoms with Gasteiger partial charge in [0, 0.05) is 12.5 Å². The van der Waals surface area contributed by atoms with Crippen molar-refractivity contribution >= 4 is 21.7 Å². The summed E-state index contributed by atoms with van der Waals surface area (Å²) in [7, 11) is -3.01. The number of benzene rings is 1. The third-order valence-corrected chi connectivity index (χ3v) is 5.84. The standard InChI is InChI=1S/C16H21NO5S/c18-15(13-6-8-23(21,22)9-7-13)17-11-14(16(19)20)10-12-4-2-1-3-5-12/h1-5,13-14H,6-11H2,(H,17,18)(H,19,20). The minimum absolute atomic E-state index is 0.0253. The molecule has 1 aromatic rings. The van der Waals surface area contributed by atoms with Gasteiger partial charge in [0.1, 0.15) is 9.84 Å². The Morgan fingerprint density at radius 1 is 1.17 bits per heavy atom. The van der Waals surface area contributed by atoms with Crippen molar-refractivity contribution in [1.29, 1.82) is 0 Å². The van der Waals surface area contributed by atoms with Crippen LogP contribution in [0.3, 0.4) is 0 Å². The Balaban J connectivity index is 1.86. The highest BCUT2D eigenvalue weighted by Crippen LogP contribution is 2.19.